The number of alkyl halides is 1. The molecule has 0 fully saturated rings. The first-order valence-electron chi connectivity index (χ1n) is 7.25. The molecule has 1 aliphatic rings. The Balaban J connectivity index is 1.72. The third kappa shape index (κ3) is 2.69. The van der Waals surface area contributed by atoms with Gasteiger partial charge in [0.1, 0.15) is 11.9 Å². The number of aryl methyl sites for hydroxylation is 1. The van der Waals surface area contributed by atoms with Crippen LogP contribution < -0.4 is 4.74 Å². The molecule has 1 aliphatic heterocycles. The number of hydrogen-bond donors (Lipinski definition) is 0. The van der Waals surface area contributed by atoms with Gasteiger partial charge in [-0.3, -0.25) is 0 Å². The molecule has 2 aromatic carbocycles. The first-order chi connectivity index (χ1) is 9.78. The van der Waals surface area contributed by atoms with E-state index in [0.717, 1.165) is 24.2 Å². The van der Waals surface area contributed by atoms with Crippen molar-refractivity contribution in [3.05, 3.63) is 65.2 Å². The SMILES string of the molecule is CCCc1ccc(C(Cl)C2Cc3ccccc3O2)cc1. The zero-order chi connectivity index (χ0) is 13.9. The molecule has 20 heavy (non-hydrogen) atoms. The number of ether oxygens (including phenoxy) is 1. The van der Waals surface area contributed by atoms with Crippen LogP contribution in [-0.2, 0) is 12.8 Å². The quantitative estimate of drug-likeness (QED) is 0.725. The van der Waals surface area contributed by atoms with Crippen molar-refractivity contribution in [1.29, 1.82) is 0 Å². The molecule has 0 saturated heterocycles. The number of para-hydroxylation sites is 1. The van der Waals surface area contributed by atoms with Gasteiger partial charge in [0.25, 0.3) is 0 Å². The number of halogens is 1. The van der Waals surface area contributed by atoms with Gasteiger partial charge in [-0.1, -0.05) is 55.8 Å². The van der Waals surface area contributed by atoms with Gasteiger partial charge in [0, 0.05) is 6.42 Å². The summed E-state index contributed by atoms with van der Waals surface area (Å²) in [5, 5.41) is -0.0990. The van der Waals surface area contributed by atoms with Crippen molar-refractivity contribution in [1.82, 2.24) is 0 Å². The van der Waals surface area contributed by atoms with Crippen LogP contribution in [-0.4, -0.2) is 6.10 Å². The van der Waals surface area contributed by atoms with Crippen molar-refractivity contribution < 1.29 is 4.74 Å². The second-order valence-corrected chi connectivity index (χ2v) is 5.83. The lowest BCUT2D eigenvalue weighted by atomic mass is 10.0. The van der Waals surface area contributed by atoms with Gasteiger partial charge in [0.05, 0.1) is 5.38 Å². The Morgan fingerprint density at radius 1 is 1.15 bits per heavy atom. The third-order valence-corrected chi connectivity index (χ3v) is 4.37. The lowest BCUT2D eigenvalue weighted by Crippen LogP contribution is -2.19. The second-order valence-electron chi connectivity index (χ2n) is 5.36. The maximum absolute atomic E-state index is 6.61. The molecule has 0 saturated carbocycles. The highest BCUT2D eigenvalue weighted by atomic mass is 35.5. The highest BCUT2D eigenvalue weighted by molar-refractivity contribution is 6.21. The lowest BCUT2D eigenvalue weighted by Gasteiger charge is -2.18. The van der Waals surface area contributed by atoms with Crippen LogP contribution in [0.5, 0.6) is 5.75 Å². The summed E-state index contributed by atoms with van der Waals surface area (Å²) in [6.45, 7) is 2.20. The summed E-state index contributed by atoms with van der Waals surface area (Å²) in [6, 6.07) is 16.8. The average molecular weight is 287 g/mol. The Labute approximate surface area is 125 Å². The molecule has 2 atom stereocenters. The number of hydrogen-bond acceptors (Lipinski definition) is 1. The van der Waals surface area contributed by atoms with Crippen LogP contribution in [0.1, 0.15) is 35.4 Å². The van der Waals surface area contributed by atoms with E-state index in [0.29, 0.717) is 0 Å². The summed E-state index contributed by atoms with van der Waals surface area (Å²) in [6.07, 6.45) is 3.22. The summed E-state index contributed by atoms with van der Waals surface area (Å²) < 4.78 is 5.97. The molecule has 0 spiro atoms. The fourth-order valence-corrected chi connectivity index (χ4v) is 3.03. The van der Waals surface area contributed by atoms with E-state index in [1.165, 1.54) is 17.5 Å². The normalized spacial score (nSPS) is 18.4. The lowest BCUT2D eigenvalue weighted by molar-refractivity contribution is 0.227. The zero-order valence-electron chi connectivity index (χ0n) is 11.7. The Hall–Kier alpha value is -1.47. The molecule has 0 amide bonds. The standard InChI is InChI=1S/C18H19ClO/c1-2-5-13-8-10-14(11-9-13)18(19)17-12-15-6-3-4-7-16(15)20-17/h3-4,6-11,17-18H,2,5,12H2,1H3. The highest BCUT2D eigenvalue weighted by Crippen LogP contribution is 2.37. The summed E-state index contributed by atoms with van der Waals surface area (Å²) >= 11 is 6.61. The van der Waals surface area contributed by atoms with Gasteiger partial charge in [-0.05, 0) is 29.2 Å². The minimum atomic E-state index is -0.0990. The molecule has 0 radical (unpaired) electrons. The Morgan fingerprint density at radius 3 is 2.60 bits per heavy atom. The molecule has 1 heterocycles. The van der Waals surface area contributed by atoms with Gasteiger partial charge in [0.15, 0.2) is 0 Å². The van der Waals surface area contributed by atoms with Crippen molar-refractivity contribution in [2.75, 3.05) is 0 Å². The van der Waals surface area contributed by atoms with Crippen LogP contribution in [0.15, 0.2) is 48.5 Å². The molecule has 2 aromatic rings. The van der Waals surface area contributed by atoms with E-state index in [4.69, 9.17) is 16.3 Å². The van der Waals surface area contributed by atoms with Crippen LogP contribution in [0.25, 0.3) is 0 Å². The molecule has 0 N–H and O–H groups in total. The minimum absolute atomic E-state index is 0.0334. The summed E-state index contributed by atoms with van der Waals surface area (Å²) in [5.41, 5.74) is 3.77. The average Bonchev–Trinajstić information content (AvgIpc) is 2.91. The molecular formula is C18H19ClO. The van der Waals surface area contributed by atoms with Gasteiger partial charge in [0.2, 0.25) is 0 Å². The molecule has 0 bridgehead atoms. The smallest absolute Gasteiger partial charge is 0.123 e. The van der Waals surface area contributed by atoms with Crippen molar-refractivity contribution >= 4 is 11.6 Å². The van der Waals surface area contributed by atoms with E-state index in [1.807, 2.05) is 18.2 Å². The van der Waals surface area contributed by atoms with Gasteiger partial charge >= 0.3 is 0 Å². The van der Waals surface area contributed by atoms with Crippen molar-refractivity contribution in [2.45, 2.75) is 37.7 Å². The zero-order valence-corrected chi connectivity index (χ0v) is 12.4. The van der Waals surface area contributed by atoms with Crippen LogP contribution in [0, 0.1) is 0 Å². The van der Waals surface area contributed by atoms with Crippen LogP contribution in [0.3, 0.4) is 0 Å². The van der Waals surface area contributed by atoms with Crippen molar-refractivity contribution in [3.8, 4) is 5.75 Å². The van der Waals surface area contributed by atoms with Crippen LogP contribution in [0.4, 0.5) is 0 Å². The van der Waals surface area contributed by atoms with E-state index in [2.05, 4.69) is 37.3 Å². The minimum Gasteiger partial charge on any atom is -0.488 e. The van der Waals surface area contributed by atoms with Gasteiger partial charge in [-0.15, -0.1) is 11.6 Å². The van der Waals surface area contributed by atoms with E-state index >= 15 is 0 Å². The molecule has 3 rings (SSSR count). The molecule has 1 nitrogen and oxygen atoms in total. The fourth-order valence-electron chi connectivity index (χ4n) is 2.74. The largest absolute Gasteiger partial charge is 0.488 e. The molecule has 2 unspecified atom stereocenters. The van der Waals surface area contributed by atoms with E-state index in [-0.39, 0.29) is 11.5 Å². The van der Waals surface area contributed by atoms with Crippen molar-refractivity contribution in [3.63, 3.8) is 0 Å². The Kier molecular flexibility index (Phi) is 3.98. The van der Waals surface area contributed by atoms with Gasteiger partial charge in [-0.25, -0.2) is 0 Å². The molecule has 104 valence electrons. The second kappa shape index (κ2) is 5.88. The first kappa shape index (κ1) is 13.5. The van der Waals surface area contributed by atoms with Gasteiger partial charge in [-0.2, -0.15) is 0 Å². The molecule has 0 aromatic heterocycles. The predicted molar refractivity (Wildman–Crippen MR) is 83.6 cm³/mol. The maximum atomic E-state index is 6.61. The predicted octanol–water partition coefficient (Wildman–Crippen LogP) is 4.92. The topological polar surface area (TPSA) is 9.23 Å². The maximum Gasteiger partial charge on any atom is 0.123 e. The van der Waals surface area contributed by atoms with E-state index in [1.54, 1.807) is 0 Å². The van der Waals surface area contributed by atoms with Crippen molar-refractivity contribution in [2.24, 2.45) is 0 Å². The number of benzene rings is 2. The fraction of sp³-hybridized carbons (Fsp3) is 0.333. The third-order valence-electron chi connectivity index (χ3n) is 3.84. The molecule has 0 aliphatic carbocycles. The monoisotopic (exact) mass is 286 g/mol. The Bertz CT molecular complexity index is 551. The number of rotatable bonds is 4. The van der Waals surface area contributed by atoms with Crippen LogP contribution in [0.2, 0.25) is 0 Å². The van der Waals surface area contributed by atoms with Gasteiger partial charge < -0.3 is 4.74 Å². The molecular weight excluding hydrogens is 268 g/mol. The van der Waals surface area contributed by atoms with E-state index in [9.17, 15) is 0 Å². The molecule has 2 heteroatoms. The van der Waals surface area contributed by atoms with E-state index < -0.39 is 0 Å². The number of fused-ring (bicyclic) bond motifs is 1. The summed E-state index contributed by atoms with van der Waals surface area (Å²) in [4.78, 5) is 0. The summed E-state index contributed by atoms with van der Waals surface area (Å²) in [7, 11) is 0. The highest BCUT2D eigenvalue weighted by Gasteiger charge is 2.29. The van der Waals surface area contributed by atoms with Crippen LogP contribution >= 0.6 is 11.6 Å². The summed E-state index contributed by atoms with van der Waals surface area (Å²) in [5.74, 6) is 0.978. The first-order valence-corrected chi connectivity index (χ1v) is 7.69. The Morgan fingerprint density at radius 2 is 1.90 bits per heavy atom.